The zero-order valence-corrected chi connectivity index (χ0v) is 16.9. The van der Waals surface area contributed by atoms with Gasteiger partial charge in [-0.15, -0.1) is 0 Å². The van der Waals surface area contributed by atoms with E-state index in [-0.39, 0.29) is 29.6 Å². The van der Waals surface area contributed by atoms with Crippen LogP contribution in [0.4, 0.5) is 0 Å². The topological polar surface area (TPSA) is 53.1 Å². The van der Waals surface area contributed by atoms with Crippen LogP contribution in [0.25, 0.3) is 0 Å². The minimum Gasteiger partial charge on any atom is -0.497 e. The zero-order chi connectivity index (χ0) is 19.6. The number of likely N-dealkylation sites (tertiary alicyclic amines) is 1. The van der Waals surface area contributed by atoms with Gasteiger partial charge in [-0.3, -0.25) is 9.59 Å². The first-order valence-corrected chi connectivity index (χ1v) is 9.80. The Morgan fingerprint density at radius 1 is 1.07 bits per heavy atom. The number of carbonyl (C=O) groups is 2. The molecule has 0 spiro atoms. The molecule has 1 aromatic carbocycles. The van der Waals surface area contributed by atoms with Crippen LogP contribution < -0.4 is 4.74 Å². The smallest absolute Gasteiger partial charge is 0.228 e. The first kappa shape index (κ1) is 19.7. The molecule has 0 bridgehead atoms. The first-order chi connectivity index (χ1) is 12.9. The van der Waals surface area contributed by atoms with Gasteiger partial charge in [-0.05, 0) is 24.7 Å². The number of methoxy groups -OCH3 is 1. The van der Waals surface area contributed by atoms with Gasteiger partial charge in [0.25, 0.3) is 0 Å². The van der Waals surface area contributed by atoms with E-state index < -0.39 is 0 Å². The van der Waals surface area contributed by atoms with Crippen LogP contribution in [0.15, 0.2) is 24.3 Å². The highest BCUT2D eigenvalue weighted by molar-refractivity contribution is 5.84. The van der Waals surface area contributed by atoms with Gasteiger partial charge < -0.3 is 19.4 Å². The molecule has 0 aliphatic carbocycles. The number of ether oxygens (including phenoxy) is 1. The number of hydrogen-bond acceptors (Lipinski definition) is 4. The third-order valence-electron chi connectivity index (χ3n) is 5.78. The molecule has 3 rings (SSSR count). The summed E-state index contributed by atoms with van der Waals surface area (Å²) in [5.74, 6) is 0.838. The van der Waals surface area contributed by atoms with Gasteiger partial charge in [0.05, 0.1) is 13.0 Å². The van der Waals surface area contributed by atoms with Crippen LogP contribution >= 0.6 is 0 Å². The normalized spacial score (nSPS) is 23.7. The second kappa shape index (κ2) is 8.30. The molecule has 2 aliphatic rings. The van der Waals surface area contributed by atoms with Crippen molar-refractivity contribution in [3.8, 4) is 5.75 Å². The molecular formula is C21H31N3O3. The van der Waals surface area contributed by atoms with Crippen molar-refractivity contribution in [3.05, 3.63) is 29.8 Å². The maximum absolute atomic E-state index is 13.3. The van der Waals surface area contributed by atoms with Crippen LogP contribution in [0.2, 0.25) is 0 Å². The lowest BCUT2D eigenvalue weighted by molar-refractivity contribution is -0.138. The summed E-state index contributed by atoms with van der Waals surface area (Å²) in [5, 5.41) is 0. The number of amides is 2. The van der Waals surface area contributed by atoms with E-state index in [0.717, 1.165) is 37.5 Å². The Bertz CT molecular complexity index is 683. The van der Waals surface area contributed by atoms with Crippen molar-refractivity contribution in [2.75, 3.05) is 53.4 Å². The van der Waals surface area contributed by atoms with Crippen LogP contribution in [0.3, 0.4) is 0 Å². The molecule has 2 heterocycles. The Kier molecular flexibility index (Phi) is 6.05. The maximum Gasteiger partial charge on any atom is 0.228 e. The molecule has 0 unspecified atom stereocenters. The third kappa shape index (κ3) is 4.26. The predicted octanol–water partition coefficient (Wildman–Crippen LogP) is 1.67. The molecule has 2 fully saturated rings. The lowest BCUT2D eigenvalue weighted by atomic mass is 9.87. The summed E-state index contributed by atoms with van der Waals surface area (Å²) in [6.45, 7) is 8.24. The van der Waals surface area contributed by atoms with Crippen molar-refractivity contribution >= 4 is 11.8 Å². The van der Waals surface area contributed by atoms with Gasteiger partial charge >= 0.3 is 0 Å². The van der Waals surface area contributed by atoms with E-state index in [0.29, 0.717) is 13.1 Å². The van der Waals surface area contributed by atoms with Crippen molar-refractivity contribution in [2.45, 2.75) is 19.8 Å². The Labute approximate surface area is 162 Å². The molecule has 0 aromatic heterocycles. The van der Waals surface area contributed by atoms with Gasteiger partial charge in [0.1, 0.15) is 5.75 Å². The molecule has 2 atom stereocenters. The summed E-state index contributed by atoms with van der Waals surface area (Å²) in [4.78, 5) is 32.0. The van der Waals surface area contributed by atoms with E-state index in [4.69, 9.17) is 4.74 Å². The monoisotopic (exact) mass is 373 g/mol. The lowest BCUT2D eigenvalue weighted by Gasteiger charge is -2.35. The fraction of sp³-hybridized carbons (Fsp3) is 0.619. The summed E-state index contributed by atoms with van der Waals surface area (Å²) in [7, 11) is 3.73. The Balaban J connectivity index is 1.84. The number of nitrogens with zero attached hydrogens (tertiary/aromatic N) is 3. The molecular weight excluding hydrogens is 342 g/mol. The van der Waals surface area contributed by atoms with Crippen LogP contribution in [0.5, 0.6) is 5.75 Å². The number of piperazine rings is 1. The fourth-order valence-corrected chi connectivity index (χ4v) is 4.07. The molecule has 2 aliphatic heterocycles. The highest BCUT2D eigenvalue weighted by Crippen LogP contribution is 2.36. The lowest BCUT2D eigenvalue weighted by Crippen LogP contribution is -2.50. The second-order valence-corrected chi connectivity index (χ2v) is 8.02. The number of rotatable bonds is 4. The molecule has 148 valence electrons. The molecule has 6 heteroatoms. The molecule has 0 N–H and O–H groups in total. The van der Waals surface area contributed by atoms with Gasteiger partial charge in [0, 0.05) is 51.1 Å². The van der Waals surface area contributed by atoms with Gasteiger partial charge in [-0.2, -0.15) is 0 Å². The van der Waals surface area contributed by atoms with Crippen LogP contribution in [-0.4, -0.2) is 79.9 Å². The van der Waals surface area contributed by atoms with E-state index in [1.807, 2.05) is 47.9 Å². The van der Waals surface area contributed by atoms with Crippen molar-refractivity contribution in [2.24, 2.45) is 11.8 Å². The Hall–Kier alpha value is -2.08. The highest BCUT2D eigenvalue weighted by atomic mass is 16.5. The maximum atomic E-state index is 13.3. The fourth-order valence-electron chi connectivity index (χ4n) is 4.07. The van der Waals surface area contributed by atoms with E-state index in [9.17, 15) is 9.59 Å². The van der Waals surface area contributed by atoms with E-state index >= 15 is 0 Å². The van der Waals surface area contributed by atoms with Gasteiger partial charge in [0.15, 0.2) is 0 Å². The van der Waals surface area contributed by atoms with E-state index in [1.54, 1.807) is 7.11 Å². The zero-order valence-electron chi connectivity index (χ0n) is 16.9. The van der Waals surface area contributed by atoms with Crippen molar-refractivity contribution in [1.29, 1.82) is 0 Å². The molecule has 2 amide bonds. The standard InChI is InChI=1S/C21H31N3O3/c1-15(2)20(25)24-13-18(16-6-5-7-17(12-16)27-4)19(14-24)21(26)23-10-8-22(3)9-11-23/h5-7,12,15,18-19H,8-11,13-14H2,1-4H3/t18-,19+/m0/s1. The van der Waals surface area contributed by atoms with Crippen LogP contribution in [-0.2, 0) is 9.59 Å². The minimum absolute atomic E-state index is 0.00922. The summed E-state index contributed by atoms with van der Waals surface area (Å²) >= 11 is 0. The SMILES string of the molecule is COc1cccc([C@@H]2CN(C(=O)C(C)C)C[C@H]2C(=O)N2CCN(C)CC2)c1. The quantitative estimate of drug-likeness (QED) is 0.806. The number of hydrogen-bond donors (Lipinski definition) is 0. The van der Waals surface area contributed by atoms with Crippen LogP contribution in [0.1, 0.15) is 25.3 Å². The average molecular weight is 373 g/mol. The summed E-state index contributed by atoms with van der Waals surface area (Å²) < 4.78 is 5.37. The molecule has 2 saturated heterocycles. The largest absolute Gasteiger partial charge is 0.497 e. The number of carbonyl (C=O) groups excluding carboxylic acids is 2. The second-order valence-electron chi connectivity index (χ2n) is 8.02. The number of likely N-dealkylation sites (N-methyl/N-ethyl adjacent to an activating group) is 1. The Morgan fingerprint density at radius 3 is 2.41 bits per heavy atom. The average Bonchev–Trinajstić information content (AvgIpc) is 3.12. The summed E-state index contributed by atoms with van der Waals surface area (Å²) in [6, 6.07) is 7.91. The van der Waals surface area contributed by atoms with Gasteiger partial charge in [-0.1, -0.05) is 26.0 Å². The summed E-state index contributed by atoms with van der Waals surface area (Å²) in [5.41, 5.74) is 1.07. The number of benzene rings is 1. The predicted molar refractivity (Wildman–Crippen MR) is 105 cm³/mol. The third-order valence-corrected chi connectivity index (χ3v) is 5.78. The first-order valence-electron chi connectivity index (χ1n) is 9.80. The van der Waals surface area contributed by atoms with Crippen LogP contribution in [0, 0.1) is 11.8 Å². The van der Waals surface area contributed by atoms with E-state index in [2.05, 4.69) is 11.9 Å². The molecule has 0 radical (unpaired) electrons. The van der Waals surface area contributed by atoms with Crippen molar-refractivity contribution in [3.63, 3.8) is 0 Å². The minimum atomic E-state index is -0.191. The van der Waals surface area contributed by atoms with Gasteiger partial charge in [0.2, 0.25) is 11.8 Å². The molecule has 6 nitrogen and oxygen atoms in total. The summed E-state index contributed by atoms with van der Waals surface area (Å²) in [6.07, 6.45) is 0. The van der Waals surface area contributed by atoms with Crippen molar-refractivity contribution in [1.82, 2.24) is 14.7 Å². The van der Waals surface area contributed by atoms with Crippen molar-refractivity contribution < 1.29 is 14.3 Å². The molecule has 1 aromatic rings. The highest BCUT2D eigenvalue weighted by Gasteiger charge is 2.42. The molecule has 27 heavy (non-hydrogen) atoms. The van der Waals surface area contributed by atoms with E-state index in [1.165, 1.54) is 0 Å². The molecule has 0 saturated carbocycles. The van der Waals surface area contributed by atoms with Gasteiger partial charge in [-0.25, -0.2) is 0 Å². The Morgan fingerprint density at radius 2 is 1.78 bits per heavy atom.